The van der Waals surface area contributed by atoms with Crippen LogP contribution in [-0.4, -0.2) is 34.6 Å². The van der Waals surface area contributed by atoms with E-state index < -0.39 is 11.2 Å². The van der Waals surface area contributed by atoms with E-state index in [0.29, 0.717) is 47.7 Å². The molecular weight excluding hydrogens is 352 g/mol. The van der Waals surface area contributed by atoms with Crippen LogP contribution in [0.5, 0.6) is 11.5 Å². The van der Waals surface area contributed by atoms with Gasteiger partial charge in [0.1, 0.15) is 22.7 Å². The summed E-state index contributed by atoms with van der Waals surface area (Å²) in [4.78, 5) is 0. The quantitative estimate of drug-likeness (QED) is 0.726. The summed E-state index contributed by atoms with van der Waals surface area (Å²) in [7, 11) is 0. The van der Waals surface area contributed by atoms with Crippen molar-refractivity contribution in [1.82, 2.24) is 0 Å². The van der Waals surface area contributed by atoms with E-state index in [1.54, 1.807) is 39.8 Å². The Balaban J connectivity index is 3.50. The second kappa shape index (κ2) is 9.87. The average Bonchev–Trinajstić information content (AvgIpc) is 2.53. The van der Waals surface area contributed by atoms with E-state index in [9.17, 15) is 10.2 Å². The van der Waals surface area contributed by atoms with Gasteiger partial charge in [-0.3, -0.25) is 0 Å². The summed E-state index contributed by atoms with van der Waals surface area (Å²) >= 11 is 0. The van der Waals surface area contributed by atoms with Crippen LogP contribution in [0.1, 0.15) is 66.5 Å². The van der Waals surface area contributed by atoms with Crippen molar-refractivity contribution >= 4 is 0 Å². The van der Waals surface area contributed by atoms with E-state index in [2.05, 4.69) is 51.4 Å². The minimum Gasteiger partial charge on any atom is -0.492 e. The minimum absolute atomic E-state index is 0.345. The zero-order valence-corrected chi connectivity index (χ0v) is 18.4. The normalized spacial score (nSPS) is 11.6. The van der Waals surface area contributed by atoms with Crippen LogP contribution < -0.4 is 9.47 Å². The Labute approximate surface area is 170 Å². The molecule has 0 saturated heterocycles. The molecule has 2 N–H and O–H groups in total. The number of ether oxygens (including phenoxy) is 2. The molecule has 1 aromatic rings. The Bertz CT molecular complexity index is 702. The highest BCUT2D eigenvalue weighted by Gasteiger charge is 2.14. The zero-order valence-electron chi connectivity index (χ0n) is 18.4. The molecule has 28 heavy (non-hydrogen) atoms. The third-order valence-electron chi connectivity index (χ3n) is 3.23. The monoisotopic (exact) mass is 386 g/mol. The maximum absolute atomic E-state index is 9.97. The lowest BCUT2D eigenvalue weighted by Gasteiger charge is -2.16. The molecule has 0 unspecified atom stereocenters. The van der Waals surface area contributed by atoms with Gasteiger partial charge in [0.15, 0.2) is 0 Å². The summed E-state index contributed by atoms with van der Waals surface area (Å²) in [6.45, 7) is 15.9. The van der Waals surface area contributed by atoms with E-state index >= 15 is 0 Å². The van der Waals surface area contributed by atoms with Gasteiger partial charge in [-0.15, -0.1) is 0 Å². The topological polar surface area (TPSA) is 58.9 Å². The van der Waals surface area contributed by atoms with Crippen LogP contribution in [0, 0.1) is 35.5 Å². The Morgan fingerprint density at radius 3 is 1.32 bits per heavy atom. The maximum atomic E-state index is 9.97. The Kier molecular flexibility index (Phi) is 8.43. The van der Waals surface area contributed by atoms with Crippen LogP contribution in [0.25, 0.3) is 0 Å². The average molecular weight is 387 g/mol. The van der Waals surface area contributed by atoms with E-state index in [4.69, 9.17) is 9.47 Å². The molecule has 0 aliphatic carbocycles. The third kappa shape index (κ3) is 9.70. The summed E-state index contributed by atoms with van der Waals surface area (Å²) in [5.41, 5.74) is -0.966. The van der Waals surface area contributed by atoms with Crippen molar-refractivity contribution in [1.29, 1.82) is 0 Å². The molecule has 4 heteroatoms. The highest BCUT2D eigenvalue weighted by Crippen LogP contribution is 2.29. The van der Waals surface area contributed by atoms with E-state index in [1.807, 2.05) is 0 Å². The van der Waals surface area contributed by atoms with E-state index in [1.165, 1.54) is 0 Å². The molecule has 1 rings (SSSR count). The number of hydrogen-bond donors (Lipinski definition) is 2. The van der Waals surface area contributed by atoms with Crippen LogP contribution in [0.2, 0.25) is 0 Å². The van der Waals surface area contributed by atoms with Crippen LogP contribution in [-0.2, 0) is 0 Å². The maximum Gasteiger partial charge on any atom is 0.136 e. The van der Waals surface area contributed by atoms with Gasteiger partial charge in [-0.05, 0) is 39.5 Å². The van der Waals surface area contributed by atoms with Gasteiger partial charge in [0.2, 0.25) is 0 Å². The van der Waals surface area contributed by atoms with Crippen LogP contribution in [0.15, 0.2) is 12.1 Å². The molecular formula is C24H34O4. The van der Waals surface area contributed by atoms with E-state index in [0.717, 1.165) is 0 Å². The second-order valence-corrected chi connectivity index (χ2v) is 8.87. The molecule has 0 aliphatic rings. The van der Waals surface area contributed by atoms with Crippen LogP contribution in [0.3, 0.4) is 0 Å². The molecule has 0 atom stereocenters. The standard InChI is InChI=1S/C24H34O4/c1-17(2)15-27-21-13-20(10-12-24(7,8)26)22(28-16-18(3)4)14-19(21)9-11-23(5,6)25/h13-14,17-18,25-26H,15-16H2,1-8H3. The molecule has 0 aromatic heterocycles. The molecule has 0 spiro atoms. The fourth-order valence-corrected chi connectivity index (χ4v) is 1.95. The fraction of sp³-hybridized carbons (Fsp3) is 0.583. The molecule has 1 aromatic carbocycles. The first-order valence-electron chi connectivity index (χ1n) is 9.71. The van der Waals surface area contributed by atoms with E-state index in [-0.39, 0.29) is 0 Å². The summed E-state index contributed by atoms with van der Waals surface area (Å²) in [6, 6.07) is 3.59. The van der Waals surface area contributed by atoms with Gasteiger partial charge in [0, 0.05) is 12.1 Å². The predicted octanol–water partition coefficient (Wildman–Crippen LogP) is 4.00. The summed E-state index contributed by atoms with van der Waals surface area (Å²) in [5, 5.41) is 19.9. The molecule has 0 bridgehead atoms. The number of rotatable bonds is 6. The highest BCUT2D eigenvalue weighted by atomic mass is 16.5. The van der Waals surface area contributed by atoms with Gasteiger partial charge in [-0.25, -0.2) is 0 Å². The van der Waals surface area contributed by atoms with Gasteiger partial charge in [-0.2, -0.15) is 0 Å². The highest BCUT2D eigenvalue weighted by molar-refractivity contribution is 5.59. The molecule has 0 heterocycles. The molecule has 0 saturated carbocycles. The first-order chi connectivity index (χ1) is 12.8. The lowest BCUT2D eigenvalue weighted by atomic mass is 10.0. The van der Waals surface area contributed by atoms with Gasteiger partial charge in [0.05, 0.1) is 24.3 Å². The van der Waals surface area contributed by atoms with Crippen molar-refractivity contribution in [3.63, 3.8) is 0 Å². The van der Waals surface area contributed by atoms with Gasteiger partial charge >= 0.3 is 0 Å². The number of aliphatic hydroxyl groups is 2. The van der Waals surface area contributed by atoms with Crippen molar-refractivity contribution in [2.45, 2.75) is 66.6 Å². The minimum atomic E-state index is -1.12. The first-order valence-corrected chi connectivity index (χ1v) is 9.71. The molecule has 0 amide bonds. The third-order valence-corrected chi connectivity index (χ3v) is 3.23. The van der Waals surface area contributed by atoms with Gasteiger partial charge < -0.3 is 19.7 Å². The Morgan fingerprint density at radius 2 is 1.07 bits per heavy atom. The van der Waals surface area contributed by atoms with Crippen molar-refractivity contribution in [2.24, 2.45) is 11.8 Å². The van der Waals surface area contributed by atoms with Gasteiger partial charge in [0.25, 0.3) is 0 Å². The lowest BCUT2D eigenvalue weighted by Crippen LogP contribution is -2.15. The predicted molar refractivity (Wildman–Crippen MR) is 113 cm³/mol. The fourth-order valence-electron chi connectivity index (χ4n) is 1.95. The zero-order chi connectivity index (χ0) is 21.5. The molecule has 0 aliphatic heterocycles. The Hall–Kier alpha value is -2.14. The molecule has 4 nitrogen and oxygen atoms in total. The SMILES string of the molecule is CC(C)COc1cc(C#CC(C)(C)O)c(OCC(C)C)cc1C#CC(C)(C)O. The van der Waals surface area contributed by atoms with Crippen molar-refractivity contribution < 1.29 is 19.7 Å². The number of benzene rings is 1. The largest absolute Gasteiger partial charge is 0.492 e. The van der Waals surface area contributed by atoms with Crippen LogP contribution >= 0.6 is 0 Å². The van der Waals surface area contributed by atoms with Gasteiger partial charge in [-0.1, -0.05) is 51.4 Å². The Morgan fingerprint density at radius 1 is 0.750 bits per heavy atom. The molecule has 0 fully saturated rings. The first kappa shape index (κ1) is 23.9. The molecule has 154 valence electrons. The second-order valence-electron chi connectivity index (χ2n) is 8.87. The molecule has 0 radical (unpaired) electrons. The smallest absolute Gasteiger partial charge is 0.136 e. The lowest BCUT2D eigenvalue weighted by molar-refractivity contribution is 0.143. The van der Waals surface area contributed by atoms with Crippen molar-refractivity contribution in [3.8, 4) is 35.2 Å². The van der Waals surface area contributed by atoms with Crippen molar-refractivity contribution in [2.75, 3.05) is 13.2 Å². The van der Waals surface area contributed by atoms with Crippen LogP contribution in [0.4, 0.5) is 0 Å². The summed E-state index contributed by atoms with van der Waals surface area (Å²) < 4.78 is 11.9. The summed E-state index contributed by atoms with van der Waals surface area (Å²) in [6.07, 6.45) is 0. The summed E-state index contributed by atoms with van der Waals surface area (Å²) in [5.74, 6) is 13.5. The number of hydrogen-bond acceptors (Lipinski definition) is 4. The van der Waals surface area contributed by atoms with Crippen molar-refractivity contribution in [3.05, 3.63) is 23.3 Å².